The molecule has 0 fully saturated rings. The Bertz CT molecular complexity index is 853. The monoisotopic (exact) mass is 298 g/mol. The van der Waals surface area contributed by atoms with Crippen molar-refractivity contribution in [3.63, 3.8) is 0 Å². The van der Waals surface area contributed by atoms with Crippen LogP contribution in [0.2, 0.25) is 0 Å². The molecule has 0 unspecified atom stereocenters. The molecule has 1 aliphatic heterocycles. The molecule has 3 aromatic heterocycles. The molecule has 0 aliphatic carbocycles. The van der Waals surface area contributed by atoms with E-state index in [1.54, 1.807) is 17.5 Å². The van der Waals surface area contributed by atoms with Crippen LogP contribution in [0.25, 0.3) is 11.0 Å². The van der Waals surface area contributed by atoms with Gasteiger partial charge in [-0.1, -0.05) is 6.07 Å². The van der Waals surface area contributed by atoms with Crippen molar-refractivity contribution in [3.8, 4) is 5.88 Å². The number of rotatable bonds is 2. The maximum Gasteiger partial charge on any atom is 0.202 e. The Morgan fingerprint density at radius 2 is 2.29 bits per heavy atom. The Morgan fingerprint density at radius 3 is 3.14 bits per heavy atom. The molecule has 0 radical (unpaired) electrons. The van der Waals surface area contributed by atoms with Crippen molar-refractivity contribution in [1.29, 1.82) is 0 Å². The highest BCUT2D eigenvalue weighted by atomic mass is 32.1. The molecule has 1 aliphatic rings. The van der Waals surface area contributed by atoms with Gasteiger partial charge in [0.15, 0.2) is 5.43 Å². The van der Waals surface area contributed by atoms with Gasteiger partial charge < -0.3 is 4.74 Å². The molecule has 0 saturated heterocycles. The summed E-state index contributed by atoms with van der Waals surface area (Å²) in [6.45, 7) is 1.35. The van der Waals surface area contributed by atoms with Crippen molar-refractivity contribution in [2.24, 2.45) is 0 Å². The molecule has 0 spiro atoms. The number of nitrogens with zero attached hydrogens (tertiary/aromatic N) is 2. The van der Waals surface area contributed by atoms with Gasteiger partial charge in [-0.25, -0.2) is 4.98 Å². The fourth-order valence-corrected chi connectivity index (χ4v) is 3.51. The van der Waals surface area contributed by atoms with Crippen LogP contribution in [-0.2, 0) is 13.0 Å². The van der Waals surface area contributed by atoms with Crippen molar-refractivity contribution in [2.45, 2.75) is 19.4 Å². The van der Waals surface area contributed by atoms with E-state index in [2.05, 4.69) is 16.4 Å². The van der Waals surface area contributed by atoms with Gasteiger partial charge in [-0.2, -0.15) is 0 Å². The number of ether oxygens (including phenoxy) is 1. The van der Waals surface area contributed by atoms with Crippen LogP contribution < -0.4 is 10.2 Å². The highest BCUT2D eigenvalue weighted by Gasteiger charge is 2.21. The van der Waals surface area contributed by atoms with Crippen molar-refractivity contribution >= 4 is 22.4 Å². The van der Waals surface area contributed by atoms with Gasteiger partial charge in [0.2, 0.25) is 5.88 Å². The molecule has 4 nitrogen and oxygen atoms in total. The van der Waals surface area contributed by atoms with E-state index in [9.17, 15) is 4.79 Å². The lowest BCUT2D eigenvalue weighted by Gasteiger charge is -2.22. The lowest BCUT2D eigenvalue weighted by Crippen LogP contribution is -2.24. The first kappa shape index (κ1) is 12.6. The first-order valence-corrected chi connectivity index (χ1v) is 7.88. The average Bonchev–Trinajstić information content (AvgIpc) is 3.04. The number of aromatic nitrogens is 2. The average molecular weight is 298 g/mol. The summed E-state index contributed by atoms with van der Waals surface area (Å²) in [5.74, 6) is 0.700. The molecule has 5 heteroatoms. The van der Waals surface area contributed by atoms with Gasteiger partial charge in [0, 0.05) is 11.1 Å². The molecule has 0 saturated carbocycles. The zero-order chi connectivity index (χ0) is 14.2. The molecule has 106 valence electrons. The van der Waals surface area contributed by atoms with Crippen LogP contribution in [0.5, 0.6) is 5.88 Å². The van der Waals surface area contributed by atoms with E-state index in [0.717, 1.165) is 18.4 Å². The molecule has 0 amide bonds. The van der Waals surface area contributed by atoms with Crippen LogP contribution in [0.3, 0.4) is 0 Å². The van der Waals surface area contributed by atoms with Crippen molar-refractivity contribution < 1.29 is 4.74 Å². The molecule has 0 aromatic carbocycles. The first-order valence-electron chi connectivity index (χ1n) is 7.00. The maximum atomic E-state index is 12.6. The summed E-state index contributed by atoms with van der Waals surface area (Å²) in [5, 5.41) is 2.74. The molecule has 0 bridgehead atoms. The largest absolute Gasteiger partial charge is 0.478 e. The zero-order valence-corrected chi connectivity index (χ0v) is 12.2. The van der Waals surface area contributed by atoms with Crippen LogP contribution in [-0.4, -0.2) is 16.2 Å². The Labute approximate surface area is 125 Å². The van der Waals surface area contributed by atoms with Crippen LogP contribution in [0, 0.1) is 0 Å². The van der Waals surface area contributed by atoms with Gasteiger partial charge in [0.1, 0.15) is 5.65 Å². The number of hydrogen-bond acceptors (Lipinski definition) is 4. The minimum absolute atomic E-state index is 0.0650. The second-order valence-electron chi connectivity index (χ2n) is 5.10. The minimum Gasteiger partial charge on any atom is -0.478 e. The van der Waals surface area contributed by atoms with Gasteiger partial charge in [0.05, 0.1) is 24.1 Å². The fourth-order valence-electron chi connectivity index (χ4n) is 2.82. The fraction of sp³-hybridized carbons (Fsp3) is 0.250. The summed E-state index contributed by atoms with van der Waals surface area (Å²) < 4.78 is 7.86. The zero-order valence-electron chi connectivity index (χ0n) is 11.4. The molecule has 4 rings (SSSR count). The molecule has 21 heavy (non-hydrogen) atoms. The Morgan fingerprint density at radius 1 is 1.33 bits per heavy atom. The quantitative estimate of drug-likeness (QED) is 0.731. The highest BCUT2D eigenvalue weighted by molar-refractivity contribution is 7.09. The summed E-state index contributed by atoms with van der Waals surface area (Å²) in [4.78, 5) is 18.2. The summed E-state index contributed by atoms with van der Waals surface area (Å²) in [6.07, 6.45) is 3.40. The van der Waals surface area contributed by atoms with E-state index in [0.29, 0.717) is 30.1 Å². The van der Waals surface area contributed by atoms with Gasteiger partial charge in [-0.3, -0.25) is 9.36 Å². The smallest absolute Gasteiger partial charge is 0.202 e. The normalized spacial score (nSPS) is 13.9. The Hall–Kier alpha value is -2.14. The van der Waals surface area contributed by atoms with Crippen LogP contribution in [0.1, 0.15) is 16.9 Å². The maximum absolute atomic E-state index is 12.6. The van der Waals surface area contributed by atoms with Crippen LogP contribution >= 0.6 is 11.3 Å². The third-order valence-electron chi connectivity index (χ3n) is 3.77. The van der Waals surface area contributed by atoms with Gasteiger partial charge in [-0.05, 0) is 36.4 Å². The standard InChI is InChI=1S/C16H14N2O2S/c19-14-12-5-1-7-17-15(12)18(10-11-4-3-9-21-11)16-13(14)6-2-8-20-16/h1,3-5,7,9H,2,6,8,10H2. The van der Waals surface area contributed by atoms with Gasteiger partial charge in [0.25, 0.3) is 0 Å². The predicted octanol–water partition coefficient (Wildman–Crippen LogP) is 2.83. The summed E-state index contributed by atoms with van der Waals surface area (Å²) in [7, 11) is 0. The van der Waals surface area contributed by atoms with E-state index < -0.39 is 0 Å². The summed E-state index contributed by atoms with van der Waals surface area (Å²) in [5.41, 5.74) is 1.56. The minimum atomic E-state index is 0.0650. The van der Waals surface area contributed by atoms with Crippen molar-refractivity contribution in [2.75, 3.05) is 6.61 Å². The van der Waals surface area contributed by atoms with Gasteiger partial charge in [-0.15, -0.1) is 11.3 Å². The Balaban J connectivity index is 2.02. The van der Waals surface area contributed by atoms with Gasteiger partial charge >= 0.3 is 0 Å². The SMILES string of the molecule is O=c1c2c(n(Cc3cccs3)c3ncccc13)OCCC2. The second kappa shape index (κ2) is 5.00. The van der Waals surface area contributed by atoms with E-state index >= 15 is 0 Å². The molecule has 4 heterocycles. The molecule has 3 aromatic rings. The predicted molar refractivity (Wildman–Crippen MR) is 83.2 cm³/mol. The first-order chi connectivity index (χ1) is 10.3. The third-order valence-corrected chi connectivity index (χ3v) is 4.63. The highest BCUT2D eigenvalue weighted by Crippen LogP contribution is 2.27. The number of fused-ring (bicyclic) bond motifs is 2. The number of pyridine rings is 2. The van der Waals surface area contributed by atoms with Crippen LogP contribution in [0.15, 0.2) is 40.6 Å². The second-order valence-corrected chi connectivity index (χ2v) is 6.14. The summed E-state index contributed by atoms with van der Waals surface area (Å²) in [6, 6.07) is 7.79. The molecule has 0 atom stereocenters. The third kappa shape index (κ3) is 2.05. The van der Waals surface area contributed by atoms with E-state index in [-0.39, 0.29) is 5.43 Å². The van der Waals surface area contributed by atoms with E-state index in [1.165, 1.54) is 4.88 Å². The van der Waals surface area contributed by atoms with Crippen molar-refractivity contribution in [3.05, 3.63) is 56.5 Å². The van der Waals surface area contributed by atoms with Crippen LogP contribution in [0.4, 0.5) is 0 Å². The molecular formula is C16H14N2O2S. The Kier molecular flexibility index (Phi) is 3.00. The lowest BCUT2D eigenvalue weighted by molar-refractivity contribution is 0.263. The van der Waals surface area contributed by atoms with E-state index in [4.69, 9.17) is 4.74 Å². The van der Waals surface area contributed by atoms with E-state index in [1.807, 2.05) is 22.8 Å². The number of thiophene rings is 1. The van der Waals surface area contributed by atoms with Crippen molar-refractivity contribution in [1.82, 2.24) is 9.55 Å². The summed E-state index contributed by atoms with van der Waals surface area (Å²) >= 11 is 1.70. The lowest BCUT2D eigenvalue weighted by atomic mass is 10.1. The number of hydrogen-bond donors (Lipinski definition) is 0. The molecule has 0 N–H and O–H groups in total. The topological polar surface area (TPSA) is 44.1 Å². The molecular weight excluding hydrogens is 284 g/mol.